The van der Waals surface area contributed by atoms with Crippen molar-refractivity contribution in [3.8, 4) is 10.4 Å². The van der Waals surface area contributed by atoms with Crippen LogP contribution in [0.15, 0.2) is 40.9 Å². The second-order valence-corrected chi connectivity index (χ2v) is 8.25. The van der Waals surface area contributed by atoms with Crippen molar-refractivity contribution in [3.05, 3.63) is 45.7 Å². The summed E-state index contributed by atoms with van der Waals surface area (Å²) >= 11 is 5.25. The maximum absolute atomic E-state index is 11.2. The molecule has 0 spiro atoms. The number of aliphatic carboxylic acids is 1. The highest BCUT2D eigenvalue weighted by Crippen LogP contribution is 2.31. The van der Waals surface area contributed by atoms with E-state index in [1.807, 2.05) is 0 Å². The van der Waals surface area contributed by atoms with Gasteiger partial charge in [-0.05, 0) is 49.6 Å². The van der Waals surface area contributed by atoms with Gasteiger partial charge in [0.25, 0.3) is 0 Å². The molecule has 0 amide bonds. The van der Waals surface area contributed by atoms with Gasteiger partial charge in [0.2, 0.25) is 0 Å². The van der Waals surface area contributed by atoms with Crippen LogP contribution in [0, 0.1) is 5.92 Å². The van der Waals surface area contributed by atoms with Gasteiger partial charge in [0.1, 0.15) is 0 Å². The first-order valence-corrected chi connectivity index (χ1v) is 9.45. The first-order valence-electron chi connectivity index (χ1n) is 7.84. The number of rotatable bonds is 4. The molecule has 5 heteroatoms. The molecule has 3 rings (SSSR count). The number of carboxylic acid groups (broad SMARTS) is 1. The first-order chi connectivity index (χ1) is 11.0. The lowest BCUT2D eigenvalue weighted by Gasteiger charge is -2.36. The van der Waals surface area contributed by atoms with Crippen LogP contribution in [0.5, 0.6) is 0 Å². The first kappa shape index (κ1) is 16.7. The largest absolute Gasteiger partial charge is 0.481 e. The Balaban J connectivity index is 1.70. The van der Waals surface area contributed by atoms with E-state index < -0.39 is 5.97 Å². The molecule has 1 aromatic carbocycles. The van der Waals surface area contributed by atoms with Crippen molar-refractivity contribution in [2.24, 2.45) is 5.92 Å². The molecule has 2 aromatic rings. The van der Waals surface area contributed by atoms with Crippen LogP contribution in [0.1, 0.15) is 24.6 Å². The maximum atomic E-state index is 11.2. The predicted molar refractivity (Wildman–Crippen MR) is 97.7 cm³/mol. The zero-order valence-corrected chi connectivity index (χ0v) is 15.4. The summed E-state index contributed by atoms with van der Waals surface area (Å²) in [4.78, 5) is 16.1. The number of nitrogens with zero attached hydrogens (tertiary/aromatic N) is 1. The van der Waals surface area contributed by atoms with Crippen LogP contribution in [0.3, 0.4) is 0 Å². The number of hydrogen-bond donors (Lipinski definition) is 1. The third-order valence-corrected chi connectivity index (χ3v) is 6.16. The number of likely N-dealkylation sites (tertiary alicyclic amines) is 1. The Hall–Kier alpha value is -1.17. The third kappa shape index (κ3) is 4.03. The van der Waals surface area contributed by atoms with Crippen LogP contribution in [0.25, 0.3) is 10.4 Å². The van der Waals surface area contributed by atoms with Gasteiger partial charge in [0.15, 0.2) is 0 Å². The number of halogens is 1. The van der Waals surface area contributed by atoms with E-state index in [0.29, 0.717) is 12.6 Å². The molecule has 122 valence electrons. The lowest BCUT2D eigenvalue weighted by atomic mass is 9.93. The SMILES string of the molecule is CC1CCC(C(=O)O)CN1Cc1ccc(-c2ccc(Br)cc2)s1. The normalized spacial score (nSPS) is 22.2. The molecule has 2 heterocycles. The highest BCUT2D eigenvalue weighted by atomic mass is 79.9. The van der Waals surface area contributed by atoms with E-state index in [-0.39, 0.29) is 5.92 Å². The van der Waals surface area contributed by atoms with Gasteiger partial charge in [-0.1, -0.05) is 28.1 Å². The number of carboxylic acids is 1. The average Bonchev–Trinajstić information content (AvgIpc) is 2.98. The molecule has 1 aliphatic heterocycles. The Bertz CT molecular complexity index is 683. The van der Waals surface area contributed by atoms with Crippen LogP contribution in [0.4, 0.5) is 0 Å². The van der Waals surface area contributed by atoms with Crippen LogP contribution >= 0.6 is 27.3 Å². The molecule has 23 heavy (non-hydrogen) atoms. The Morgan fingerprint density at radius 2 is 2.00 bits per heavy atom. The Labute approximate surface area is 149 Å². The minimum Gasteiger partial charge on any atom is -0.481 e. The highest BCUT2D eigenvalue weighted by Gasteiger charge is 2.29. The second-order valence-electron chi connectivity index (χ2n) is 6.16. The van der Waals surface area contributed by atoms with E-state index in [9.17, 15) is 9.90 Å². The van der Waals surface area contributed by atoms with Gasteiger partial charge in [0.05, 0.1) is 5.92 Å². The Morgan fingerprint density at radius 3 is 2.70 bits per heavy atom. The average molecular weight is 394 g/mol. The van der Waals surface area contributed by atoms with Gasteiger partial charge in [-0.3, -0.25) is 9.69 Å². The zero-order chi connectivity index (χ0) is 16.4. The molecule has 0 aliphatic carbocycles. The van der Waals surface area contributed by atoms with Crippen molar-refractivity contribution in [2.75, 3.05) is 6.54 Å². The minimum atomic E-state index is -0.663. The molecule has 0 radical (unpaired) electrons. The monoisotopic (exact) mass is 393 g/mol. The summed E-state index contributed by atoms with van der Waals surface area (Å²) in [5, 5.41) is 9.26. The lowest BCUT2D eigenvalue weighted by Crippen LogP contribution is -2.43. The second kappa shape index (κ2) is 7.16. The molecule has 1 aliphatic rings. The van der Waals surface area contributed by atoms with E-state index in [1.54, 1.807) is 11.3 Å². The van der Waals surface area contributed by atoms with Crippen LogP contribution < -0.4 is 0 Å². The molecule has 1 fully saturated rings. The number of thiophene rings is 1. The van der Waals surface area contributed by atoms with E-state index in [0.717, 1.165) is 23.9 Å². The molecule has 2 unspecified atom stereocenters. The fraction of sp³-hybridized carbons (Fsp3) is 0.389. The van der Waals surface area contributed by atoms with Crippen LogP contribution in [0.2, 0.25) is 0 Å². The highest BCUT2D eigenvalue weighted by molar-refractivity contribution is 9.10. The summed E-state index contributed by atoms with van der Waals surface area (Å²) in [5.74, 6) is -0.888. The van der Waals surface area contributed by atoms with Gasteiger partial charge in [-0.15, -0.1) is 11.3 Å². The maximum Gasteiger partial charge on any atom is 0.307 e. The molecule has 0 saturated carbocycles. The van der Waals surface area contributed by atoms with Crippen molar-refractivity contribution in [3.63, 3.8) is 0 Å². The van der Waals surface area contributed by atoms with Crippen molar-refractivity contribution >= 4 is 33.2 Å². The molecule has 1 aromatic heterocycles. The zero-order valence-electron chi connectivity index (χ0n) is 13.0. The standard InChI is InChI=1S/C18H20BrNO2S/c1-12-2-3-14(18(21)22)10-20(12)11-16-8-9-17(23-16)13-4-6-15(19)7-5-13/h4-9,12,14H,2-3,10-11H2,1H3,(H,21,22). The molecule has 3 nitrogen and oxygen atoms in total. The van der Waals surface area contributed by atoms with Crippen LogP contribution in [-0.2, 0) is 11.3 Å². The minimum absolute atomic E-state index is 0.225. The van der Waals surface area contributed by atoms with Crippen molar-refractivity contribution in [1.29, 1.82) is 0 Å². The summed E-state index contributed by atoms with van der Waals surface area (Å²) in [6.07, 6.45) is 1.75. The van der Waals surface area contributed by atoms with E-state index >= 15 is 0 Å². The van der Waals surface area contributed by atoms with Gasteiger partial charge < -0.3 is 5.11 Å². The predicted octanol–water partition coefficient (Wildman–Crippen LogP) is 4.86. The summed E-state index contributed by atoms with van der Waals surface area (Å²) < 4.78 is 1.08. The molecular weight excluding hydrogens is 374 g/mol. The summed E-state index contributed by atoms with van der Waals surface area (Å²) in [7, 11) is 0. The number of hydrogen-bond acceptors (Lipinski definition) is 3. The van der Waals surface area contributed by atoms with Gasteiger partial charge in [0, 0.05) is 33.4 Å². The molecular formula is C18H20BrNO2S. The number of carbonyl (C=O) groups is 1. The van der Waals surface area contributed by atoms with Crippen molar-refractivity contribution in [1.82, 2.24) is 4.90 Å². The van der Waals surface area contributed by atoms with Crippen molar-refractivity contribution in [2.45, 2.75) is 32.4 Å². The number of piperidine rings is 1. The molecule has 1 saturated heterocycles. The molecule has 0 bridgehead atoms. The van der Waals surface area contributed by atoms with E-state index in [2.05, 4.69) is 64.2 Å². The smallest absolute Gasteiger partial charge is 0.307 e. The lowest BCUT2D eigenvalue weighted by molar-refractivity contribution is -0.144. The fourth-order valence-electron chi connectivity index (χ4n) is 3.03. The van der Waals surface area contributed by atoms with Gasteiger partial charge >= 0.3 is 5.97 Å². The Morgan fingerprint density at radius 1 is 1.26 bits per heavy atom. The Kier molecular flexibility index (Phi) is 5.19. The molecule has 2 atom stereocenters. The molecule has 1 N–H and O–H groups in total. The van der Waals surface area contributed by atoms with E-state index in [1.165, 1.54) is 15.3 Å². The third-order valence-electron chi connectivity index (χ3n) is 4.51. The fourth-order valence-corrected chi connectivity index (χ4v) is 4.34. The number of benzene rings is 1. The van der Waals surface area contributed by atoms with Crippen LogP contribution in [-0.4, -0.2) is 28.6 Å². The van der Waals surface area contributed by atoms with E-state index in [4.69, 9.17) is 0 Å². The quantitative estimate of drug-likeness (QED) is 0.805. The van der Waals surface area contributed by atoms with Gasteiger partial charge in [-0.2, -0.15) is 0 Å². The summed E-state index contributed by atoms with van der Waals surface area (Å²) in [6, 6.07) is 13.1. The summed E-state index contributed by atoms with van der Waals surface area (Å²) in [5.41, 5.74) is 1.22. The van der Waals surface area contributed by atoms with Crippen molar-refractivity contribution < 1.29 is 9.90 Å². The summed E-state index contributed by atoms with van der Waals surface area (Å²) in [6.45, 7) is 3.69. The van der Waals surface area contributed by atoms with Gasteiger partial charge in [-0.25, -0.2) is 0 Å². The topological polar surface area (TPSA) is 40.5 Å².